The maximum Gasteiger partial charge on any atom is -0.0414 e. The molecule has 0 aromatic rings. The molecule has 0 amide bonds. The minimum absolute atomic E-state index is 0.942. The summed E-state index contributed by atoms with van der Waals surface area (Å²) in [4.78, 5) is 0. The lowest BCUT2D eigenvalue weighted by atomic mass is 9.89. The molecule has 0 rings (SSSR count). The molecule has 0 heterocycles. The van der Waals surface area contributed by atoms with Gasteiger partial charge in [-0.15, -0.1) is 0 Å². The molecule has 0 N–H and O–H groups in total. The summed E-state index contributed by atoms with van der Waals surface area (Å²) in [5.41, 5.74) is 0. The molecule has 2 atom stereocenters. The van der Waals surface area contributed by atoms with Crippen LogP contribution in [0.4, 0.5) is 0 Å². The minimum Gasteiger partial charge on any atom is -0.0654 e. The van der Waals surface area contributed by atoms with Gasteiger partial charge in [-0.3, -0.25) is 0 Å². The smallest absolute Gasteiger partial charge is 0.0414 e. The second-order valence-corrected chi connectivity index (χ2v) is 5.95. The Hall–Kier alpha value is 0. The maximum absolute atomic E-state index is 2.40. The van der Waals surface area contributed by atoms with Crippen LogP contribution in [0, 0.1) is 11.8 Å². The first-order valence-corrected chi connectivity index (χ1v) is 8.24. The van der Waals surface area contributed by atoms with E-state index in [0.717, 1.165) is 11.8 Å². The van der Waals surface area contributed by atoms with Crippen molar-refractivity contribution < 1.29 is 0 Å². The Bertz CT molecular complexity index is 139. The Morgan fingerprint density at radius 3 is 1.82 bits per heavy atom. The summed E-state index contributed by atoms with van der Waals surface area (Å²) in [5.74, 6) is 1.98. The van der Waals surface area contributed by atoms with Crippen molar-refractivity contribution in [2.45, 2.75) is 98.3 Å². The zero-order chi connectivity index (χ0) is 12.9. The van der Waals surface area contributed by atoms with Gasteiger partial charge >= 0.3 is 0 Å². The van der Waals surface area contributed by atoms with Gasteiger partial charge in [-0.2, -0.15) is 0 Å². The van der Waals surface area contributed by atoms with Crippen LogP contribution in [0.1, 0.15) is 98.3 Å². The molecule has 0 aliphatic carbocycles. The molecule has 0 heteroatoms. The third-order valence-electron chi connectivity index (χ3n) is 4.19. The molecule has 0 aromatic heterocycles. The fourth-order valence-corrected chi connectivity index (χ4v) is 2.57. The highest BCUT2D eigenvalue weighted by Crippen LogP contribution is 2.24. The van der Waals surface area contributed by atoms with Crippen molar-refractivity contribution in [1.82, 2.24) is 0 Å². The summed E-state index contributed by atoms with van der Waals surface area (Å²) in [7, 11) is 0. The van der Waals surface area contributed by atoms with Crippen LogP contribution in [-0.2, 0) is 0 Å². The van der Waals surface area contributed by atoms with Gasteiger partial charge in [0, 0.05) is 0 Å². The highest BCUT2D eigenvalue weighted by molar-refractivity contribution is 4.62. The summed E-state index contributed by atoms with van der Waals surface area (Å²) in [5, 5.41) is 0. The molecule has 0 saturated carbocycles. The predicted molar refractivity (Wildman–Crippen MR) is 80.5 cm³/mol. The molecule has 0 aliphatic rings. The molecule has 0 bridgehead atoms. The number of unbranched alkanes of at least 4 members (excludes halogenated alkanes) is 3. The molecular weight excluding hydrogens is 204 g/mol. The standard InChI is InChI=1S/C17H36/c1-5-8-10-14-17(13-9-6-2)15-11-12-16(4)7-3/h16-17H,5-15H2,1-4H3. The van der Waals surface area contributed by atoms with Gasteiger partial charge in [-0.1, -0.05) is 98.3 Å². The zero-order valence-electron chi connectivity index (χ0n) is 12.9. The van der Waals surface area contributed by atoms with E-state index in [2.05, 4.69) is 27.7 Å². The van der Waals surface area contributed by atoms with Crippen molar-refractivity contribution in [2.24, 2.45) is 11.8 Å². The lowest BCUT2D eigenvalue weighted by Crippen LogP contribution is -2.02. The Labute approximate surface area is 111 Å². The van der Waals surface area contributed by atoms with Crippen LogP contribution < -0.4 is 0 Å². The van der Waals surface area contributed by atoms with Crippen LogP contribution in [0.2, 0.25) is 0 Å². The van der Waals surface area contributed by atoms with Crippen LogP contribution in [0.3, 0.4) is 0 Å². The second-order valence-electron chi connectivity index (χ2n) is 5.95. The van der Waals surface area contributed by atoms with Crippen molar-refractivity contribution in [1.29, 1.82) is 0 Å². The summed E-state index contributed by atoms with van der Waals surface area (Å²) >= 11 is 0. The second kappa shape index (κ2) is 12.5. The van der Waals surface area contributed by atoms with E-state index < -0.39 is 0 Å². The van der Waals surface area contributed by atoms with Crippen molar-refractivity contribution in [3.63, 3.8) is 0 Å². The van der Waals surface area contributed by atoms with Gasteiger partial charge in [0.1, 0.15) is 0 Å². The molecule has 0 saturated heterocycles. The van der Waals surface area contributed by atoms with Gasteiger partial charge in [-0.05, 0) is 11.8 Å². The average Bonchev–Trinajstić information content (AvgIpc) is 2.35. The third kappa shape index (κ3) is 10.9. The topological polar surface area (TPSA) is 0 Å². The predicted octanol–water partition coefficient (Wildman–Crippen LogP) is 6.59. The van der Waals surface area contributed by atoms with Crippen molar-refractivity contribution in [2.75, 3.05) is 0 Å². The van der Waals surface area contributed by atoms with E-state index >= 15 is 0 Å². The molecule has 0 radical (unpaired) electrons. The summed E-state index contributed by atoms with van der Waals surface area (Å²) < 4.78 is 0. The molecule has 0 aliphatic heterocycles. The lowest BCUT2D eigenvalue weighted by Gasteiger charge is -2.17. The molecular formula is C17H36. The van der Waals surface area contributed by atoms with Gasteiger partial charge in [0.2, 0.25) is 0 Å². The molecule has 104 valence electrons. The molecule has 0 spiro atoms. The van der Waals surface area contributed by atoms with E-state index in [1.54, 1.807) is 0 Å². The van der Waals surface area contributed by atoms with E-state index in [-0.39, 0.29) is 0 Å². The number of hydrogen-bond acceptors (Lipinski definition) is 0. The first kappa shape index (κ1) is 17.0. The van der Waals surface area contributed by atoms with E-state index in [9.17, 15) is 0 Å². The molecule has 0 nitrogen and oxygen atoms in total. The monoisotopic (exact) mass is 240 g/mol. The van der Waals surface area contributed by atoms with E-state index in [4.69, 9.17) is 0 Å². The van der Waals surface area contributed by atoms with Crippen LogP contribution in [0.5, 0.6) is 0 Å². The number of hydrogen-bond donors (Lipinski definition) is 0. The SMILES string of the molecule is CCCCCC(CCCC)CCCC(C)CC. The third-order valence-corrected chi connectivity index (χ3v) is 4.19. The Balaban J connectivity index is 3.67. The van der Waals surface area contributed by atoms with E-state index in [0.29, 0.717) is 0 Å². The largest absolute Gasteiger partial charge is 0.0654 e. The van der Waals surface area contributed by atoms with Crippen molar-refractivity contribution in [3.8, 4) is 0 Å². The molecule has 0 aromatic carbocycles. The Kier molecular flexibility index (Phi) is 12.5. The summed E-state index contributed by atoms with van der Waals surface area (Å²) in [6.07, 6.45) is 15.8. The van der Waals surface area contributed by atoms with Gasteiger partial charge in [0.25, 0.3) is 0 Å². The Morgan fingerprint density at radius 1 is 0.647 bits per heavy atom. The van der Waals surface area contributed by atoms with E-state index in [1.165, 1.54) is 70.6 Å². The highest BCUT2D eigenvalue weighted by atomic mass is 14.1. The average molecular weight is 240 g/mol. The van der Waals surface area contributed by atoms with Gasteiger partial charge in [0.15, 0.2) is 0 Å². The van der Waals surface area contributed by atoms with Crippen LogP contribution in [0.25, 0.3) is 0 Å². The fraction of sp³-hybridized carbons (Fsp3) is 1.00. The van der Waals surface area contributed by atoms with Gasteiger partial charge in [-0.25, -0.2) is 0 Å². The number of rotatable bonds is 12. The summed E-state index contributed by atoms with van der Waals surface area (Å²) in [6, 6.07) is 0. The first-order chi connectivity index (χ1) is 8.24. The maximum atomic E-state index is 2.40. The normalized spacial score (nSPS) is 14.8. The van der Waals surface area contributed by atoms with Gasteiger partial charge in [0.05, 0.1) is 0 Å². The van der Waals surface area contributed by atoms with Crippen molar-refractivity contribution in [3.05, 3.63) is 0 Å². The Morgan fingerprint density at radius 2 is 1.24 bits per heavy atom. The van der Waals surface area contributed by atoms with Crippen LogP contribution in [0.15, 0.2) is 0 Å². The molecule has 17 heavy (non-hydrogen) atoms. The van der Waals surface area contributed by atoms with E-state index in [1.807, 2.05) is 0 Å². The first-order valence-electron chi connectivity index (χ1n) is 8.24. The summed E-state index contributed by atoms with van der Waals surface area (Å²) in [6.45, 7) is 9.35. The lowest BCUT2D eigenvalue weighted by molar-refractivity contribution is 0.359. The van der Waals surface area contributed by atoms with Gasteiger partial charge < -0.3 is 0 Å². The minimum atomic E-state index is 0.942. The quantitative estimate of drug-likeness (QED) is 0.338. The molecule has 0 fully saturated rings. The zero-order valence-corrected chi connectivity index (χ0v) is 12.9. The van der Waals surface area contributed by atoms with Crippen molar-refractivity contribution >= 4 is 0 Å². The molecule has 2 unspecified atom stereocenters. The highest BCUT2D eigenvalue weighted by Gasteiger charge is 2.08. The van der Waals surface area contributed by atoms with Crippen LogP contribution >= 0.6 is 0 Å². The fourth-order valence-electron chi connectivity index (χ4n) is 2.57. The van der Waals surface area contributed by atoms with Crippen LogP contribution in [-0.4, -0.2) is 0 Å².